The fourth-order valence-electron chi connectivity index (χ4n) is 3.16. The zero-order chi connectivity index (χ0) is 10.3. The molecule has 2 N–H and O–H groups in total. The van der Waals surface area contributed by atoms with Crippen molar-refractivity contribution in [2.45, 2.75) is 18.4 Å². The van der Waals surface area contributed by atoms with E-state index in [0.717, 1.165) is 31.5 Å². The third-order valence-electron chi connectivity index (χ3n) is 4.01. The summed E-state index contributed by atoms with van der Waals surface area (Å²) in [6.07, 6.45) is 5.58. The van der Waals surface area contributed by atoms with Gasteiger partial charge in [-0.2, -0.15) is 0 Å². The van der Waals surface area contributed by atoms with E-state index >= 15 is 0 Å². The molecule has 1 aliphatic heterocycles. The number of aromatic nitrogens is 1. The predicted molar refractivity (Wildman–Crippen MR) is 71.7 cm³/mol. The Morgan fingerprint density at radius 1 is 1.35 bits per heavy atom. The second-order valence-electron chi connectivity index (χ2n) is 4.73. The third kappa shape index (κ3) is 2.29. The van der Waals surface area contributed by atoms with Crippen molar-refractivity contribution in [1.82, 2.24) is 10.3 Å². The molecule has 0 amide bonds. The van der Waals surface area contributed by atoms with E-state index in [9.17, 15) is 5.11 Å². The first kappa shape index (κ1) is 14.7. The molecule has 2 heterocycles. The lowest BCUT2D eigenvalue weighted by Crippen LogP contribution is -2.33. The van der Waals surface area contributed by atoms with Gasteiger partial charge < -0.3 is 10.4 Å². The van der Waals surface area contributed by atoms with Gasteiger partial charge in [-0.15, -0.1) is 24.8 Å². The Labute approximate surface area is 114 Å². The summed E-state index contributed by atoms with van der Waals surface area (Å²) in [5.41, 5.74) is 0.351. The largest absolute Gasteiger partial charge is 0.385 e. The van der Waals surface area contributed by atoms with Gasteiger partial charge in [0.15, 0.2) is 0 Å². The molecule has 3 nitrogen and oxygen atoms in total. The minimum Gasteiger partial charge on any atom is -0.385 e. The van der Waals surface area contributed by atoms with Crippen molar-refractivity contribution in [3.63, 3.8) is 0 Å². The Balaban J connectivity index is 0.000000722. The molecule has 0 radical (unpaired) electrons. The van der Waals surface area contributed by atoms with Crippen LogP contribution >= 0.6 is 24.8 Å². The molecule has 1 saturated carbocycles. The van der Waals surface area contributed by atoms with E-state index in [1.54, 1.807) is 12.4 Å². The molecule has 0 bridgehead atoms. The first-order valence-corrected chi connectivity index (χ1v) is 5.64. The van der Waals surface area contributed by atoms with E-state index in [-0.39, 0.29) is 24.8 Å². The van der Waals surface area contributed by atoms with Crippen molar-refractivity contribution >= 4 is 24.8 Å². The molecule has 0 spiro atoms. The van der Waals surface area contributed by atoms with Crippen LogP contribution in [0, 0.1) is 11.8 Å². The predicted octanol–water partition coefficient (Wildman–Crippen LogP) is 1.74. The molecule has 3 atom stereocenters. The molecule has 2 fully saturated rings. The van der Waals surface area contributed by atoms with Gasteiger partial charge in [0.2, 0.25) is 0 Å². The maximum atomic E-state index is 10.8. The molecule has 1 aromatic rings. The highest BCUT2D eigenvalue weighted by Crippen LogP contribution is 2.48. The fourth-order valence-corrected chi connectivity index (χ4v) is 3.16. The summed E-state index contributed by atoms with van der Waals surface area (Å²) in [5.74, 6) is 1.02. The number of nitrogens with zero attached hydrogens (tertiary/aromatic N) is 1. The van der Waals surface area contributed by atoms with Crippen LogP contribution in [0.3, 0.4) is 0 Å². The first-order valence-electron chi connectivity index (χ1n) is 5.64. The van der Waals surface area contributed by atoms with Crippen LogP contribution in [0.25, 0.3) is 0 Å². The van der Waals surface area contributed by atoms with Gasteiger partial charge in [0.05, 0.1) is 5.60 Å². The lowest BCUT2D eigenvalue weighted by Gasteiger charge is -2.29. The van der Waals surface area contributed by atoms with Crippen molar-refractivity contribution in [2.24, 2.45) is 11.8 Å². The molecule has 2 aliphatic rings. The number of aliphatic hydroxyl groups is 1. The Bertz CT molecular complexity index is 363. The molecule has 96 valence electrons. The van der Waals surface area contributed by atoms with Gasteiger partial charge in [0, 0.05) is 30.4 Å². The molecular formula is C12H18Cl2N2O. The number of fused-ring (bicyclic) bond motifs is 1. The lowest BCUT2D eigenvalue weighted by atomic mass is 9.83. The Kier molecular flexibility index (Phi) is 4.78. The zero-order valence-corrected chi connectivity index (χ0v) is 11.1. The Morgan fingerprint density at radius 3 is 2.88 bits per heavy atom. The monoisotopic (exact) mass is 276 g/mol. The summed E-state index contributed by atoms with van der Waals surface area (Å²) in [7, 11) is 0. The Morgan fingerprint density at radius 2 is 2.18 bits per heavy atom. The van der Waals surface area contributed by atoms with Crippen molar-refractivity contribution in [2.75, 3.05) is 13.1 Å². The normalized spacial score (nSPS) is 34.6. The van der Waals surface area contributed by atoms with Crippen LogP contribution in [0.2, 0.25) is 0 Å². The van der Waals surface area contributed by atoms with Crippen molar-refractivity contribution in [3.05, 3.63) is 30.1 Å². The van der Waals surface area contributed by atoms with Crippen LogP contribution in [-0.4, -0.2) is 23.2 Å². The van der Waals surface area contributed by atoms with Gasteiger partial charge >= 0.3 is 0 Å². The highest BCUT2D eigenvalue weighted by atomic mass is 35.5. The number of rotatable bonds is 1. The van der Waals surface area contributed by atoms with Crippen LogP contribution in [-0.2, 0) is 5.60 Å². The second-order valence-corrected chi connectivity index (χ2v) is 4.73. The van der Waals surface area contributed by atoms with E-state index in [0.29, 0.717) is 11.8 Å². The number of pyridine rings is 1. The smallest absolute Gasteiger partial charge is 0.0954 e. The van der Waals surface area contributed by atoms with E-state index in [1.165, 1.54) is 0 Å². The lowest BCUT2D eigenvalue weighted by molar-refractivity contribution is -0.00220. The van der Waals surface area contributed by atoms with E-state index < -0.39 is 5.60 Å². The molecule has 5 heteroatoms. The maximum absolute atomic E-state index is 10.8. The summed E-state index contributed by atoms with van der Waals surface area (Å²) in [6.45, 7) is 2.00. The van der Waals surface area contributed by atoms with Crippen molar-refractivity contribution in [3.8, 4) is 0 Å². The van der Waals surface area contributed by atoms with Crippen molar-refractivity contribution in [1.29, 1.82) is 0 Å². The van der Waals surface area contributed by atoms with Gasteiger partial charge in [-0.05, 0) is 31.4 Å². The van der Waals surface area contributed by atoms with Gasteiger partial charge in [0.25, 0.3) is 0 Å². The van der Waals surface area contributed by atoms with E-state index in [1.807, 2.05) is 12.1 Å². The zero-order valence-electron chi connectivity index (χ0n) is 9.50. The molecule has 1 aromatic heterocycles. The highest BCUT2D eigenvalue weighted by molar-refractivity contribution is 5.85. The highest BCUT2D eigenvalue weighted by Gasteiger charge is 2.50. The van der Waals surface area contributed by atoms with Gasteiger partial charge in [-0.3, -0.25) is 4.98 Å². The number of nitrogens with one attached hydrogen (secondary N) is 1. The Hall–Kier alpha value is -0.350. The van der Waals surface area contributed by atoms with Crippen LogP contribution < -0.4 is 5.32 Å². The van der Waals surface area contributed by atoms with Crippen LogP contribution in [0.4, 0.5) is 0 Å². The van der Waals surface area contributed by atoms with Crippen LogP contribution in [0.15, 0.2) is 24.5 Å². The molecule has 1 saturated heterocycles. The SMILES string of the molecule is Cl.Cl.OC1(c2cccnc2)CC[C@@H]2CNC[C@@H]21. The third-order valence-corrected chi connectivity index (χ3v) is 4.01. The number of hydrogen-bond acceptors (Lipinski definition) is 3. The van der Waals surface area contributed by atoms with Gasteiger partial charge in [0.1, 0.15) is 0 Å². The second kappa shape index (κ2) is 5.53. The van der Waals surface area contributed by atoms with E-state index in [2.05, 4.69) is 10.3 Å². The summed E-state index contributed by atoms with van der Waals surface area (Å²) >= 11 is 0. The number of halogens is 2. The quantitative estimate of drug-likeness (QED) is 0.822. The first-order chi connectivity index (χ1) is 7.31. The maximum Gasteiger partial charge on any atom is 0.0954 e. The minimum atomic E-state index is -0.636. The van der Waals surface area contributed by atoms with Gasteiger partial charge in [-0.1, -0.05) is 6.07 Å². The molecular weight excluding hydrogens is 259 g/mol. The molecule has 1 unspecified atom stereocenters. The standard InChI is InChI=1S/C12H16N2O.2ClH/c15-12(10-2-1-5-13-7-10)4-3-9-6-14-8-11(9)12;;/h1-2,5,7,9,11,14-15H,3-4,6,8H2;2*1H/t9-,11+,12?;;/m1../s1. The summed E-state index contributed by atoms with van der Waals surface area (Å²) in [5, 5.41) is 14.1. The molecule has 17 heavy (non-hydrogen) atoms. The van der Waals surface area contributed by atoms with Crippen LogP contribution in [0.1, 0.15) is 18.4 Å². The number of hydrogen-bond donors (Lipinski definition) is 2. The average Bonchev–Trinajstić information content (AvgIpc) is 2.85. The molecule has 3 rings (SSSR count). The van der Waals surface area contributed by atoms with Gasteiger partial charge in [-0.25, -0.2) is 0 Å². The average molecular weight is 277 g/mol. The van der Waals surface area contributed by atoms with E-state index in [4.69, 9.17) is 0 Å². The van der Waals surface area contributed by atoms with Crippen molar-refractivity contribution < 1.29 is 5.11 Å². The fraction of sp³-hybridized carbons (Fsp3) is 0.583. The summed E-state index contributed by atoms with van der Waals surface area (Å²) < 4.78 is 0. The topological polar surface area (TPSA) is 45.2 Å². The minimum absolute atomic E-state index is 0. The molecule has 1 aliphatic carbocycles. The molecule has 0 aromatic carbocycles. The summed E-state index contributed by atoms with van der Waals surface area (Å²) in [4.78, 5) is 4.11. The summed E-state index contributed by atoms with van der Waals surface area (Å²) in [6, 6.07) is 3.90. The van der Waals surface area contributed by atoms with Crippen LogP contribution in [0.5, 0.6) is 0 Å².